The van der Waals surface area contributed by atoms with Gasteiger partial charge >= 0.3 is 0 Å². The van der Waals surface area contributed by atoms with Crippen molar-refractivity contribution >= 4 is 34.8 Å². The van der Waals surface area contributed by atoms with E-state index in [1.807, 2.05) is 0 Å². The van der Waals surface area contributed by atoms with Crippen molar-refractivity contribution in [2.24, 2.45) is 7.05 Å². The summed E-state index contributed by atoms with van der Waals surface area (Å²) >= 11 is 5.84. The van der Waals surface area contributed by atoms with Crippen LogP contribution in [-0.2, 0) is 7.05 Å². The first kappa shape index (κ1) is 18.4. The molecule has 1 heterocycles. The predicted octanol–water partition coefficient (Wildman–Crippen LogP) is 3.54. The number of hydrogen-bond acceptors (Lipinski definition) is 3. The van der Waals surface area contributed by atoms with Crippen LogP contribution in [-0.4, -0.2) is 16.4 Å². The smallest absolute Gasteiger partial charge is 0.257 e. The zero-order chi connectivity index (χ0) is 19.4. The maximum Gasteiger partial charge on any atom is 0.257 e. The Labute approximate surface area is 160 Å². The molecule has 27 heavy (non-hydrogen) atoms. The van der Waals surface area contributed by atoms with Crippen LogP contribution in [0.1, 0.15) is 20.7 Å². The minimum absolute atomic E-state index is 0.214. The van der Waals surface area contributed by atoms with Crippen LogP contribution in [0.3, 0.4) is 0 Å². The first-order valence-corrected chi connectivity index (χ1v) is 8.46. The van der Waals surface area contributed by atoms with Gasteiger partial charge in [0.1, 0.15) is 0 Å². The maximum absolute atomic E-state index is 12.6. The number of rotatable bonds is 4. The molecule has 7 heteroatoms. The van der Waals surface area contributed by atoms with Crippen molar-refractivity contribution in [3.63, 3.8) is 0 Å². The first-order chi connectivity index (χ1) is 12.9. The Morgan fingerprint density at radius 1 is 0.926 bits per heavy atom. The van der Waals surface area contributed by atoms with E-state index in [9.17, 15) is 14.4 Å². The van der Waals surface area contributed by atoms with Gasteiger partial charge in [0.05, 0.1) is 11.3 Å². The van der Waals surface area contributed by atoms with Crippen molar-refractivity contribution in [3.8, 4) is 0 Å². The second-order valence-electron chi connectivity index (χ2n) is 5.83. The molecule has 0 radical (unpaired) electrons. The van der Waals surface area contributed by atoms with Crippen LogP contribution in [0.25, 0.3) is 0 Å². The number of carbonyl (C=O) groups is 2. The van der Waals surface area contributed by atoms with Gasteiger partial charge < -0.3 is 15.2 Å². The Balaban J connectivity index is 1.81. The molecule has 3 rings (SSSR count). The van der Waals surface area contributed by atoms with Gasteiger partial charge in [-0.05, 0) is 42.5 Å². The zero-order valence-corrected chi connectivity index (χ0v) is 15.2. The van der Waals surface area contributed by atoms with E-state index in [0.29, 0.717) is 22.0 Å². The monoisotopic (exact) mass is 381 g/mol. The third kappa shape index (κ3) is 4.43. The van der Waals surface area contributed by atoms with Crippen LogP contribution < -0.4 is 16.2 Å². The number of halogens is 1. The number of benzene rings is 2. The topological polar surface area (TPSA) is 80.2 Å². The Hall–Kier alpha value is -3.38. The minimum atomic E-state index is -0.473. The molecule has 2 amide bonds. The molecule has 6 nitrogen and oxygen atoms in total. The maximum atomic E-state index is 12.6. The second kappa shape index (κ2) is 7.88. The Morgan fingerprint density at radius 2 is 1.63 bits per heavy atom. The fourth-order valence-electron chi connectivity index (χ4n) is 2.41. The lowest BCUT2D eigenvalue weighted by atomic mass is 10.1. The van der Waals surface area contributed by atoms with Crippen LogP contribution >= 0.6 is 11.6 Å². The fraction of sp³-hybridized carbons (Fsp3) is 0.0500. The van der Waals surface area contributed by atoms with Gasteiger partial charge in [-0.3, -0.25) is 14.4 Å². The number of anilines is 2. The number of nitrogens with zero attached hydrogens (tertiary/aromatic N) is 1. The van der Waals surface area contributed by atoms with Crippen molar-refractivity contribution in [1.29, 1.82) is 0 Å². The van der Waals surface area contributed by atoms with Gasteiger partial charge in [-0.1, -0.05) is 23.7 Å². The highest BCUT2D eigenvalue weighted by molar-refractivity contribution is 6.30. The molecule has 3 aromatic rings. The van der Waals surface area contributed by atoms with Crippen LogP contribution in [0.4, 0.5) is 11.4 Å². The molecule has 0 saturated heterocycles. The molecular formula is C20H16ClN3O3. The lowest BCUT2D eigenvalue weighted by Crippen LogP contribution is -2.21. The molecule has 0 fully saturated rings. The largest absolute Gasteiger partial charge is 0.322 e. The number of aromatic nitrogens is 1. The summed E-state index contributed by atoms with van der Waals surface area (Å²) in [5, 5.41) is 6.00. The zero-order valence-electron chi connectivity index (χ0n) is 14.4. The predicted molar refractivity (Wildman–Crippen MR) is 105 cm³/mol. The van der Waals surface area contributed by atoms with Crippen LogP contribution in [0.15, 0.2) is 71.7 Å². The number of hydrogen-bond donors (Lipinski definition) is 2. The van der Waals surface area contributed by atoms with Gasteiger partial charge in [0.15, 0.2) is 0 Å². The van der Waals surface area contributed by atoms with E-state index in [1.165, 1.54) is 22.9 Å². The van der Waals surface area contributed by atoms with Crippen molar-refractivity contribution in [2.75, 3.05) is 10.6 Å². The van der Waals surface area contributed by atoms with Crippen molar-refractivity contribution in [3.05, 3.63) is 93.4 Å². The number of pyridine rings is 1. The third-order valence-electron chi connectivity index (χ3n) is 3.89. The summed E-state index contributed by atoms with van der Waals surface area (Å²) in [4.78, 5) is 36.7. The van der Waals surface area contributed by atoms with Gasteiger partial charge in [-0.25, -0.2) is 0 Å². The molecule has 0 spiro atoms. The van der Waals surface area contributed by atoms with Gasteiger partial charge in [0, 0.05) is 35.6 Å². The van der Waals surface area contributed by atoms with E-state index < -0.39 is 5.91 Å². The number of nitrogens with one attached hydrogen (secondary N) is 2. The highest BCUT2D eigenvalue weighted by atomic mass is 35.5. The number of aryl methyl sites for hydroxylation is 1. The van der Waals surface area contributed by atoms with Crippen molar-refractivity contribution < 1.29 is 9.59 Å². The molecule has 1 aromatic heterocycles. The van der Waals surface area contributed by atoms with E-state index in [-0.39, 0.29) is 17.0 Å². The number of para-hydroxylation sites is 1. The lowest BCUT2D eigenvalue weighted by Gasteiger charge is -2.12. The van der Waals surface area contributed by atoms with Crippen molar-refractivity contribution in [1.82, 2.24) is 4.57 Å². The summed E-state index contributed by atoms with van der Waals surface area (Å²) in [6, 6.07) is 16.1. The van der Waals surface area contributed by atoms with Gasteiger partial charge in [0.2, 0.25) is 0 Å². The van der Waals surface area contributed by atoms with E-state index in [4.69, 9.17) is 11.6 Å². The Bertz CT molecular complexity index is 1060. The van der Waals surface area contributed by atoms with Crippen LogP contribution in [0.2, 0.25) is 5.02 Å². The summed E-state index contributed by atoms with van der Waals surface area (Å²) in [6.45, 7) is 0. The first-order valence-electron chi connectivity index (χ1n) is 8.08. The Morgan fingerprint density at radius 3 is 2.33 bits per heavy atom. The summed E-state index contributed by atoms with van der Waals surface area (Å²) < 4.78 is 1.37. The SMILES string of the molecule is Cn1ccc(C(=O)Nc2ccccc2C(=O)Nc2ccc(Cl)cc2)cc1=O. The normalized spacial score (nSPS) is 10.3. The van der Waals surface area contributed by atoms with Gasteiger partial charge in [-0.15, -0.1) is 0 Å². The molecule has 0 bridgehead atoms. The summed E-state index contributed by atoms with van der Waals surface area (Å²) in [6.07, 6.45) is 1.51. The third-order valence-corrected chi connectivity index (χ3v) is 4.14. The number of carbonyl (C=O) groups excluding carboxylic acids is 2. The second-order valence-corrected chi connectivity index (χ2v) is 6.26. The van der Waals surface area contributed by atoms with Crippen LogP contribution in [0.5, 0.6) is 0 Å². The van der Waals surface area contributed by atoms with E-state index >= 15 is 0 Å². The molecule has 2 aromatic carbocycles. The van der Waals surface area contributed by atoms with Gasteiger partial charge in [0.25, 0.3) is 17.4 Å². The molecule has 0 aliphatic heterocycles. The molecule has 0 atom stereocenters. The Kier molecular flexibility index (Phi) is 5.38. The molecule has 0 aliphatic rings. The standard InChI is InChI=1S/C20H16ClN3O3/c1-24-11-10-13(12-18(24)25)19(26)23-17-5-3-2-4-16(17)20(27)22-15-8-6-14(21)7-9-15/h2-12H,1H3,(H,22,27)(H,23,26). The molecule has 0 unspecified atom stereocenters. The quantitative estimate of drug-likeness (QED) is 0.725. The van der Waals surface area contributed by atoms with E-state index in [1.54, 1.807) is 55.6 Å². The molecule has 2 N–H and O–H groups in total. The van der Waals surface area contributed by atoms with E-state index in [0.717, 1.165) is 0 Å². The molecule has 0 aliphatic carbocycles. The summed E-state index contributed by atoms with van der Waals surface area (Å²) in [5.74, 6) is -0.850. The van der Waals surface area contributed by atoms with Crippen LogP contribution in [0, 0.1) is 0 Å². The summed E-state index contributed by atoms with van der Waals surface area (Å²) in [7, 11) is 1.60. The molecule has 0 saturated carbocycles. The number of amides is 2. The average molecular weight is 382 g/mol. The molecular weight excluding hydrogens is 366 g/mol. The highest BCUT2D eigenvalue weighted by Crippen LogP contribution is 2.19. The minimum Gasteiger partial charge on any atom is -0.322 e. The fourth-order valence-corrected chi connectivity index (χ4v) is 2.53. The van der Waals surface area contributed by atoms with Gasteiger partial charge in [-0.2, -0.15) is 0 Å². The molecule has 136 valence electrons. The van der Waals surface area contributed by atoms with E-state index in [2.05, 4.69) is 10.6 Å². The van der Waals surface area contributed by atoms with Crippen molar-refractivity contribution in [2.45, 2.75) is 0 Å². The lowest BCUT2D eigenvalue weighted by molar-refractivity contribution is 0.102. The average Bonchev–Trinajstić information content (AvgIpc) is 2.66. The summed E-state index contributed by atoms with van der Waals surface area (Å²) in [5.41, 5.74) is 1.14. The highest BCUT2D eigenvalue weighted by Gasteiger charge is 2.15.